The average molecular weight is 376 g/mol. The van der Waals surface area contributed by atoms with E-state index in [-0.39, 0.29) is 11.6 Å². The van der Waals surface area contributed by atoms with E-state index >= 15 is 0 Å². The fourth-order valence-electron chi connectivity index (χ4n) is 2.38. The quantitative estimate of drug-likeness (QED) is 0.598. The number of thioether (sulfide) groups is 1. The SMILES string of the molecule is O=C(c1ccc([N+](=O)[O-])cc1)N1CCN=C1SCc1ccccc1Cl. The molecule has 0 fully saturated rings. The van der Waals surface area contributed by atoms with Crippen LogP contribution in [0.4, 0.5) is 5.69 Å². The van der Waals surface area contributed by atoms with Gasteiger partial charge < -0.3 is 0 Å². The topological polar surface area (TPSA) is 75.8 Å². The summed E-state index contributed by atoms with van der Waals surface area (Å²) in [4.78, 5) is 28.9. The highest BCUT2D eigenvalue weighted by Gasteiger charge is 2.25. The third kappa shape index (κ3) is 4.00. The van der Waals surface area contributed by atoms with Crippen LogP contribution in [0.5, 0.6) is 0 Å². The first-order valence-electron chi connectivity index (χ1n) is 7.53. The zero-order valence-electron chi connectivity index (χ0n) is 13.1. The molecule has 1 aliphatic rings. The zero-order valence-corrected chi connectivity index (χ0v) is 14.7. The van der Waals surface area contributed by atoms with Crippen molar-refractivity contribution in [3.63, 3.8) is 0 Å². The van der Waals surface area contributed by atoms with Gasteiger partial charge in [0.25, 0.3) is 11.6 Å². The van der Waals surface area contributed by atoms with Gasteiger partial charge in [0.15, 0.2) is 5.17 Å². The van der Waals surface area contributed by atoms with Crippen LogP contribution in [0.2, 0.25) is 5.02 Å². The van der Waals surface area contributed by atoms with Crippen molar-refractivity contribution in [2.75, 3.05) is 13.1 Å². The third-order valence-corrected chi connectivity index (χ3v) is 5.12. The van der Waals surface area contributed by atoms with Crippen LogP contribution in [0.3, 0.4) is 0 Å². The van der Waals surface area contributed by atoms with Crippen LogP contribution < -0.4 is 0 Å². The van der Waals surface area contributed by atoms with E-state index in [2.05, 4.69) is 4.99 Å². The van der Waals surface area contributed by atoms with Crippen molar-refractivity contribution in [3.8, 4) is 0 Å². The molecular weight excluding hydrogens is 362 g/mol. The van der Waals surface area contributed by atoms with Gasteiger partial charge in [0.1, 0.15) is 0 Å². The number of benzene rings is 2. The van der Waals surface area contributed by atoms with Crippen molar-refractivity contribution >= 4 is 40.1 Å². The summed E-state index contributed by atoms with van der Waals surface area (Å²) in [6.07, 6.45) is 0. The fraction of sp³-hybridized carbons (Fsp3) is 0.176. The van der Waals surface area contributed by atoms with Gasteiger partial charge >= 0.3 is 0 Å². The predicted octanol–water partition coefficient (Wildman–Crippen LogP) is 3.99. The van der Waals surface area contributed by atoms with E-state index in [4.69, 9.17) is 11.6 Å². The van der Waals surface area contributed by atoms with E-state index in [9.17, 15) is 14.9 Å². The number of amides is 1. The highest BCUT2D eigenvalue weighted by atomic mass is 35.5. The number of nitrogens with zero attached hydrogens (tertiary/aromatic N) is 3. The van der Waals surface area contributed by atoms with Crippen LogP contribution in [0.1, 0.15) is 15.9 Å². The molecule has 8 heteroatoms. The molecule has 0 unspecified atom stereocenters. The van der Waals surface area contributed by atoms with Gasteiger partial charge in [-0.3, -0.25) is 24.8 Å². The molecule has 0 aromatic heterocycles. The van der Waals surface area contributed by atoms with Crippen molar-refractivity contribution in [3.05, 3.63) is 74.8 Å². The normalized spacial score (nSPS) is 13.6. The minimum Gasteiger partial charge on any atom is -0.286 e. The van der Waals surface area contributed by atoms with E-state index in [0.717, 1.165) is 5.56 Å². The molecule has 6 nitrogen and oxygen atoms in total. The summed E-state index contributed by atoms with van der Waals surface area (Å²) in [5, 5.41) is 12.0. The minimum absolute atomic E-state index is 0.0417. The summed E-state index contributed by atoms with van der Waals surface area (Å²) < 4.78 is 0. The molecule has 0 aliphatic carbocycles. The number of carbonyl (C=O) groups excluding carboxylic acids is 1. The molecule has 0 N–H and O–H groups in total. The lowest BCUT2D eigenvalue weighted by molar-refractivity contribution is -0.384. The maximum Gasteiger partial charge on any atom is 0.269 e. The van der Waals surface area contributed by atoms with Gasteiger partial charge in [-0.25, -0.2) is 0 Å². The molecule has 2 aromatic carbocycles. The fourth-order valence-corrected chi connectivity index (χ4v) is 3.71. The van der Waals surface area contributed by atoms with E-state index in [1.165, 1.54) is 36.0 Å². The number of nitro benzene ring substituents is 1. The number of hydrogen-bond acceptors (Lipinski definition) is 5. The molecule has 1 aliphatic heterocycles. The summed E-state index contributed by atoms with van der Waals surface area (Å²) in [6.45, 7) is 1.05. The van der Waals surface area contributed by atoms with Crippen LogP contribution >= 0.6 is 23.4 Å². The molecule has 0 bridgehead atoms. The van der Waals surface area contributed by atoms with Gasteiger partial charge in [0, 0.05) is 35.0 Å². The standard InChI is InChI=1S/C17H14ClN3O3S/c18-15-4-2-1-3-13(15)11-25-17-19-9-10-20(17)16(22)12-5-7-14(8-6-12)21(23)24/h1-8H,9-11H2. The van der Waals surface area contributed by atoms with Crippen LogP contribution in [-0.4, -0.2) is 34.0 Å². The van der Waals surface area contributed by atoms with Crippen molar-refractivity contribution in [1.82, 2.24) is 4.90 Å². The number of rotatable bonds is 4. The Morgan fingerprint density at radius 3 is 2.64 bits per heavy atom. The van der Waals surface area contributed by atoms with Gasteiger partial charge in [-0.05, 0) is 23.8 Å². The lowest BCUT2D eigenvalue weighted by Gasteiger charge is -2.18. The van der Waals surface area contributed by atoms with Gasteiger partial charge in [0.05, 0.1) is 11.5 Å². The Kier molecular flexibility index (Phi) is 5.35. The van der Waals surface area contributed by atoms with Gasteiger partial charge in [-0.15, -0.1) is 0 Å². The number of amidine groups is 1. The smallest absolute Gasteiger partial charge is 0.269 e. The molecule has 1 heterocycles. The summed E-state index contributed by atoms with van der Waals surface area (Å²) in [7, 11) is 0. The van der Waals surface area contributed by atoms with E-state index in [1.807, 2.05) is 24.3 Å². The number of aliphatic imine (C=N–C) groups is 1. The molecule has 1 amide bonds. The molecule has 0 saturated carbocycles. The van der Waals surface area contributed by atoms with E-state index in [0.29, 0.717) is 34.6 Å². The van der Waals surface area contributed by atoms with Crippen molar-refractivity contribution in [2.45, 2.75) is 5.75 Å². The number of carbonyl (C=O) groups is 1. The highest BCUT2D eigenvalue weighted by Crippen LogP contribution is 2.25. The van der Waals surface area contributed by atoms with Crippen molar-refractivity contribution in [2.24, 2.45) is 4.99 Å². The van der Waals surface area contributed by atoms with Crippen LogP contribution in [0.15, 0.2) is 53.5 Å². The molecular formula is C17H14ClN3O3S. The van der Waals surface area contributed by atoms with Gasteiger partial charge in [-0.2, -0.15) is 0 Å². The van der Waals surface area contributed by atoms with Crippen LogP contribution in [-0.2, 0) is 5.75 Å². The van der Waals surface area contributed by atoms with Gasteiger partial charge in [0.2, 0.25) is 0 Å². The maximum absolute atomic E-state index is 12.7. The summed E-state index contributed by atoms with van der Waals surface area (Å²) in [5.74, 6) is 0.403. The lowest BCUT2D eigenvalue weighted by Crippen LogP contribution is -2.32. The predicted molar refractivity (Wildman–Crippen MR) is 99.2 cm³/mol. The van der Waals surface area contributed by atoms with Crippen molar-refractivity contribution in [1.29, 1.82) is 0 Å². The zero-order chi connectivity index (χ0) is 17.8. The Hall–Kier alpha value is -2.38. The first-order valence-corrected chi connectivity index (χ1v) is 8.89. The molecule has 0 atom stereocenters. The third-order valence-electron chi connectivity index (χ3n) is 3.69. The van der Waals surface area contributed by atoms with Crippen LogP contribution in [0, 0.1) is 10.1 Å². The van der Waals surface area contributed by atoms with Gasteiger partial charge in [-0.1, -0.05) is 41.6 Å². The Morgan fingerprint density at radius 2 is 1.96 bits per heavy atom. The Balaban J connectivity index is 1.69. The van der Waals surface area contributed by atoms with E-state index in [1.54, 1.807) is 4.90 Å². The number of halogens is 1. The molecule has 2 aromatic rings. The highest BCUT2D eigenvalue weighted by molar-refractivity contribution is 8.13. The first-order chi connectivity index (χ1) is 12.1. The molecule has 0 saturated heterocycles. The number of nitro groups is 1. The summed E-state index contributed by atoms with van der Waals surface area (Å²) >= 11 is 7.61. The Morgan fingerprint density at radius 1 is 1.24 bits per heavy atom. The first kappa shape index (κ1) is 17.4. The molecule has 0 spiro atoms. The second kappa shape index (κ2) is 7.67. The maximum atomic E-state index is 12.7. The van der Waals surface area contributed by atoms with Crippen LogP contribution in [0.25, 0.3) is 0 Å². The molecule has 3 rings (SSSR count). The number of non-ortho nitro benzene ring substituents is 1. The summed E-state index contributed by atoms with van der Waals surface area (Å²) in [6, 6.07) is 13.1. The van der Waals surface area contributed by atoms with E-state index < -0.39 is 4.92 Å². The molecule has 128 valence electrons. The Labute approximate surface area is 153 Å². The minimum atomic E-state index is -0.490. The average Bonchev–Trinajstić information content (AvgIpc) is 3.09. The molecule has 25 heavy (non-hydrogen) atoms. The molecule has 0 radical (unpaired) electrons. The largest absolute Gasteiger partial charge is 0.286 e. The monoisotopic (exact) mass is 375 g/mol. The summed E-state index contributed by atoms with van der Waals surface area (Å²) in [5.41, 5.74) is 1.34. The number of hydrogen-bond donors (Lipinski definition) is 0. The Bertz CT molecular complexity index is 839. The second-order valence-corrected chi connectivity index (χ2v) is 6.65. The second-order valence-electron chi connectivity index (χ2n) is 5.31. The van der Waals surface area contributed by atoms with Crippen molar-refractivity contribution < 1.29 is 9.72 Å². The lowest BCUT2D eigenvalue weighted by atomic mass is 10.2.